The number of benzene rings is 2. The number of primary amides is 1. The van der Waals surface area contributed by atoms with Crippen molar-refractivity contribution in [3.63, 3.8) is 0 Å². The second-order valence-corrected chi connectivity index (χ2v) is 12.2. The van der Waals surface area contributed by atoms with Crippen molar-refractivity contribution >= 4 is 35.0 Å². The van der Waals surface area contributed by atoms with Gasteiger partial charge in [-0.25, -0.2) is 4.68 Å². The van der Waals surface area contributed by atoms with Crippen LogP contribution in [0.4, 0.5) is 0 Å². The molecule has 2 aromatic carbocycles. The lowest BCUT2D eigenvalue weighted by atomic mass is 9.86. The third kappa shape index (κ3) is 4.85. The Balaban J connectivity index is 1.42. The minimum atomic E-state index is -0.564. The number of aromatic nitrogens is 3. The number of pyridine rings is 1. The summed E-state index contributed by atoms with van der Waals surface area (Å²) in [5, 5.41) is 9.40. The van der Waals surface area contributed by atoms with Gasteiger partial charge in [0.25, 0.3) is 5.91 Å². The van der Waals surface area contributed by atoms with Crippen molar-refractivity contribution in [3.05, 3.63) is 81.2 Å². The van der Waals surface area contributed by atoms with Gasteiger partial charge in [0.15, 0.2) is 5.69 Å². The van der Waals surface area contributed by atoms with Crippen molar-refractivity contribution in [3.8, 4) is 33.8 Å². The molecular formula is C32H30Cl2N6O3. The Labute approximate surface area is 258 Å². The van der Waals surface area contributed by atoms with Gasteiger partial charge in [0.1, 0.15) is 5.75 Å². The van der Waals surface area contributed by atoms with E-state index in [4.69, 9.17) is 38.8 Å². The predicted molar refractivity (Wildman–Crippen MR) is 165 cm³/mol. The molecule has 2 aliphatic heterocycles. The summed E-state index contributed by atoms with van der Waals surface area (Å²) in [6, 6.07) is 11.2. The summed E-state index contributed by atoms with van der Waals surface area (Å²) in [6.07, 6.45) is 6.38. The molecule has 43 heavy (non-hydrogen) atoms. The lowest BCUT2D eigenvalue weighted by Crippen LogP contribution is -2.46. The van der Waals surface area contributed by atoms with Crippen LogP contribution in [0, 0.1) is 5.92 Å². The van der Waals surface area contributed by atoms with E-state index in [1.807, 2.05) is 17.0 Å². The lowest BCUT2D eigenvalue weighted by molar-refractivity contribution is 0.0690. The highest BCUT2D eigenvalue weighted by atomic mass is 35.5. The SMILES string of the molecule is COc1cc2c(cc1-c1cncc(C(N)=O)c1)-c1c(c(C(=O)N3CCC4CNCCC43)nn1-c1cc(Cl)cc(Cl)c1)CC2. The van der Waals surface area contributed by atoms with Crippen LogP contribution in [0.25, 0.3) is 28.1 Å². The van der Waals surface area contributed by atoms with E-state index < -0.39 is 5.91 Å². The Morgan fingerprint density at radius 3 is 2.60 bits per heavy atom. The molecular weight excluding hydrogens is 587 g/mol. The molecule has 1 aliphatic carbocycles. The molecule has 4 heterocycles. The largest absolute Gasteiger partial charge is 0.496 e. The van der Waals surface area contributed by atoms with Crippen LogP contribution in [0.3, 0.4) is 0 Å². The number of halogens is 2. The number of hydrogen-bond acceptors (Lipinski definition) is 6. The summed E-state index contributed by atoms with van der Waals surface area (Å²) < 4.78 is 7.59. The molecule has 0 bridgehead atoms. The number of rotatable bonds is 5. The summed E-state index contributed by atoms with van der Waals surface area (Å²) in [5.74, 6) is 0.509. The van der Waals surface area contributed by atoms with Gasteiger partial charge in [0, 0.05) is 57.3 Å². The molecule has 0 spiro atoms. The summed E-state index contributed by atoms with van der Waals surface area (Å²) in [4.78, 5) is 32.5. The first-order chi connectivity index (χ1) is 20.8. The van der Waals surface area contributed by atoms with Crippen molar-refractivity contribution < 1.29 is 14.3 Å². The Bertz CT molecular complexity index is 1770. The van der Waals surface area contributed by atoms with Crippen LogP contribution < -0.4 is 15.8 Å². The minimum absolute atomic E-state index is 0.0342. The van der Waals surface area contributed by atoms with Crippen molar-refractivity contribution in [2.24, 2.45) is 11.7 Å². The molecule has 3 aliphatic rings. The van der Waals surface area contributed by atoms with E-state index in [1.54, 1.807) is 42.3 Å². The maximum Gasteiger partial charge on any atom is 0.274 e. The average Bonchev–Trinajstić information content (AvgIpc) is 3.62. The number of piperidine rings is 1. The van der Waals surface area contributed by atoms with Crippen LogP contribution in [0.1, 0.15) is 44.8 Å². The van der Waals surface area contributed by atoms with Crippen LogP contribution in [0.5, 0.6) is 5.75 Å². The van der Waals surface area contributed by atoms with E-state index in [0.29, 0.717) is 57.1 Å². The van der Waals surface area contributed by atoms with E-state index in [0.717, 1.165) is 60.4 Å². The zero-order valence-electron chi connectivity index (χ0n) is 23.6. The highest BCUT2D eigenvalue weighted by molar-refractivity contribution is 6.34. The van der Waals surface area contributed by atoms with E-state index in [1.165, 1.54) is 6.20 Å². The van der Waals surface area contributed by atoms with Crippen LogP contribution >= 0.6 is 23.2 Å². The standard InChI is InChI=1S/C32H30Cl2N6O3/c1-43-28-9-17-2-3-24-29(32(42)39-7-5-18-14-36-6-4-27(18)39)38-40(23-11-21(33)10-22(34)12-23)30(24)26(17)13-25(28)19-8-20(31(35)41)16-37-15-19/h8-13,15-16,18,27,36H,2-7,14H2,1H3,(H2,35,41). The Morgan fingerprint density at radius 2 is 1.84 bits per heavy atom. The number of ether oxygens (including phenoxy) is 1. The fourth-order valence-corrected chi connectivity index (χ4v) is 7.40. The summed E-state index contributed by atoms with van der Waals surface area (Å²) in [5.41, 5.74) is 12.1. The smallest absolute Gasteiger partial charge is 0.274 e. The average molecular weight is 618 g/mol. The third-order valence-electron chi connectivity index (χ3n) is 8.91. The van der Waals surface area contributed by atoms with E-state index in [2.05, 4.69) is 10.3 Å². The second kappa shape index (κ2) is 11.0. The molecule has 2 unspecified atom stereocenters. The molecule has 2 aromatic heterocycles. The van der Waals surface area contributed by atoms with Crippen LogP contribution in [0.2, 0.25) is 10.0 Å². The quantitative estimate of drug-likeness (QED) is 0.328. The van der Waals surface area contributed by atoms with Crippen molar-refractivity contribution in [2.45, 2.75) is 31.7 Å². The zero-order valence-corrected chi connectivity index (χ0v) is 25.1. The van der Waals surface area contributed by atoms with Gasteiger partial charge in [-0.3, -0.25) is 14.6 Å². The van der Waals surface area contributed by atoms with Crippen molar-refractivity contribution in [1.29, 1.82) is 0 Å². The number of fused-ring (bicyclic) bond motifs is 4. The molecule has 2 amide bonds. The normalized spacial score (nSPS) is 19.0. The zero-order chi connectivity index (χ0) is 29.8. The topological polar surface area (TPSA) is 115 Å². The lowest BCUT2D eigenvalue weighted by Gasteiger charge is -2.32. The summed E-state index contributed by atoms with van der Waals surface area (Å²) in [6.45, 7) is 2.57. The van der Waals surface area contributed by atoms with Crippen LogP contribution in [0.15, 0.2) is 48.8 Å². The molecule has 7 rings (SSSR count). The maximum absolute atomic E-state index is 14.3. The van der Waals surface area contributed by atoms with Gasteiger partial charge in [-0.1, -0.05) is 23.2 Å². The molecule has 2 fully saturated rings. The minimum Gasteiger partial charge on any atom is -0.496 e. The number of nitrogens with one attached hydrogen (secondary N) is 1. The van der Waals surface area contributed by atoms with Crippen LogP contribution in [-0.4, -0.2) is 64.3 Å². The Hall–Kier alpha value is -3.92. The first kappa shape index (κ1) is 27.9. The van der Waals surface area contributed by atoms with Gasteiger partial charge >= 0.3 is 0 Å². The molecule has 220 valence electrons. The highest BCUT2D eigenvalue weighted by Crippen LogP contribution is 2.44. The third-order valence-corrected chi connectivity index (χ3v) is 9.34. The number of methoxy groups -OCH3 is 1. The van der Waals surface area contributed by atoms with Crippen molar-refractivity contribution in [2.75, 3.05) is 26.7 Å². The number of nitrogens with two attached hydrogens (primary N) is 1. The number of hydrogen-bond donors (Lipinski definition) is 2. The van der Waals surface area contributed by atoms with Crippen molar-refractivity contribution in [1.82, 2.24) is 25.0 Å². The second-order valence-electron chi connectivity index (χ2n) is 11.4. The summed E-state index contributed by atoms with van der Waals surface area (Å²) in [7, 11) is 1.62. The molecule has 11 heteroatoms. The molecule has 3 N–H and O–H groups in total. The van der Waals surface area contributed by atoms with Gasteiger partial charge in [-0.15, -0.1) is 0 Å². The molecule has 4 aromatic rings. The van der Waals surface area contributed by atoms with Gasteiger partial charge in [-0.05, 0) is 86.7 Å². The van der Waals surface area contributed by atoms with E-state index in [9.17, 15) is 9.59 Å². The number of aryl methyl sites for hydroxylation is 1. The molecule has 9 nitrogen and oxygen atoms in total. The molecule has 0 radical (unpaired) electrons. The fourth-order valence-electron chi connectivity index (χ4n) is 6.88. The maximum atomic E-state index is 14.3. The number of likely N-dealkylation sites (tertiary alicyclic amines) is 1. The van der Waals surface area contributed by atoms with Gasteiger partial charge < -0.3 is 20.7 Å². The predicted octanol–water partition coefficient (Wildman–Crippen LogP) is 4.94. The number of amides is 2. The first-order valence-electron chi connectivity index (χ1n) is 14.4. The first-order valence-corrected chi connectivity index (χ1v) is 15.1. The number of carbonyl (C=O) groups excluding carboxylic acids is 2. The van der Waals surface area contributed by atoms with Gasteiger partial charge in [-0.2, -0.15) is 5.10 Å². The van der Waals surface area contributed by atoms with Gasteiger partial charge in [0.2, 0.25) is 5.91 Å². The monoisotopic (exact) mass is 616 g/mol. The number of nitrogens with zero attached hydrogens (tertiary/aromatic N) is 4. The van der Waals surface area contributed by atoms with Gasteiger partial charge in [0.05, 0.1) is 24.1 Å². The summed E-state index contributed by atoms with van der Waals surface area (Å²) >= 11 is 12.9. The Morgan fingerprint density at radius 1 is 1.02 bits per heavy atom. The fraction of sp³-hybridized carbons (Fsp3) is 0.312. The molecule has 0 saturated carbocycles. The molecule has 2 atom stereocenters. The Kier molecular flexibility index (Phi) is 7.12. The molecule has 2 saturated heterocycles. The van der Waals surface area contributed by atoms with E-state index in [-0.39, 0.29) is 11.9 Å². The number of carbonyl (C=O) groups is 2. The highest BCUT2D eigenvalue weighted by Gasteiger charge is 2.41. The van der Waals surface area contributed by atoms with Crippen LogP contribution in [-0.2, 0) is 12.8 Å². The van der Waals surface area contributed by atoms with E-state index >= 15 is 0 Å².